The van der Waals surface area contributed by atoms with Gasteiger partial charge in [-0.2, -0.15) is 0 Å². The van der Waals surface area contributed by atoms with E-state index in [-0.39, 0.29) is 31.2 Å². The number of carbonyl (C=O) groups excluding carboxylic acids is 1. The lowest BCUT2D eigenvalue weighted by atomic mass is 9.88. The van der Waals surface area contributed by atoms with Gasteiger partial charge in [0.1, 0.15) is 0 Å². The van der Waals surface area contributed by atoms with Crippen LogP contribution in [0.3, 0.4) is 0 Å². The highest BCUT2D eigenvalue weighted by Gasteiger charge is 2.45. The fraction of sp³-hybridized carbons (Fsp3) is 0.417. The van der Waals surface area contributed by atoms with Crippen LogP contribution in [0.1, 0.15) is 18.4 Å². The summed E-state index contributed by atoms with van der Waals surface area (Å²) in [7, 11) is 0. The maximum absolute atomic E-state index is 12.6. The Morgan fingerprint density at radius 1 is 1.50 bits per heavy atom. The Morgan fingerprint density at radius 2 is 2.17 bits per heavy atom. The molecule has 2 nitrogen and oxygen atoms in total. The van der Waals surface area contributed by atoms with E-state index >= 15 is 0 Å². The number of amides is 1. The van der Waals surface area contributed by atoms with Crippen molar-refractivity contribution >= 4 is 44.4 Å². The predicted octanol–water partition coefficient (Wildman–Crippen LogP) is 3.51. The Bertz CT molecular complexity index is 473. The summed E-state index contributed by atoms with van der Waals surface area (Å²) in [5.74, 6) is -2.80. The van der Waals surface area contributed by atoms with E-state index in [1.165, 1.54) is 0 Å². The Kier molecular flexibility index (Phi) is 4.25. The molecule has 1 N–H and O–H groups in total. The van der Waals surface area contributed by atoms with E-state index in [0.29, 0.717) is 0 Å². The molecule has 1 fully saturated rings. The van der Waals surface area contributed by atoms with Crippen LogP contribution in [0.15, 0.2) is 22.7 Å². The number of nitrogens with one attached hydrogen (secondary N) is 1. The van der Waals surface area contributed by atoms with Gasteiger partial charge in [0.2, 0.25) is 5.91 Å². The molecule has 6 heteroatoms. The Labute approximate surface area is 126 Å². The summed E-state index contributed by atoms with van der Waals surface area (Å²) in [5, 5.41) is 2.63. The van der Waals surface area contributed by atoms with Gasteiger partial charge in [-0.15, -0.1) is 0 Å². The normalized spacial score (nSPS) is 18.2. The van der Waals surface area contributed by atoms with Crippen LogP contribution in [0.4, 0.5) is 8.78 Å². The fourth-order valence-electron chi connectivity index (χ4n) is 1.89. The van der Waals surface area contributed by atoms with E-state index in [2.05, 4.69) is 43.8 Å². The van der Waals surface area contributed by atoms with Crippen molar-refractivity contribution in [2.75, 3.05) is 0 Å². The summed E-state index contributed by atoms with van der Waals surface area (Å²) >= 11 is 5.49. The first kappa shape index (κ1) is 14.2. The summed E-state index contributed by atoms with van der Waals surface area (Å²) in [6.45, 7) is 0. The lowest BCUT2D eigenvalue weighted by Crippen LogP contribution is -2.50. The monoisotopic (exact) mass is 429 g/mol. The zero-order valence-electron chi connectivity index (χ0n) is 9.35. The zero-order chi connectivity index (χ0) is 13.3. The summed E-state index contributed by atoms with van der Waals surface area (Å²) in [6, 6.07) is 5.30. The quantitative estimate of drug-likeness (QED) is 0.732. The SMILES string of the molecule is O=C(Cc1cc(Br)ccc1I)NC1CC(F)(F)C1. The number of carbonyl (C=O) groups is 1. The molecule has 1 amide bonds. The molecule has 1 saturated carbocycles. The maximum atomic E-state index is 12.6. The molecule has 98 valence electrons. The fourth-order valence-corrected chi connectivity index (χ4v) is 2.83. The molecule has 0 saturated heterocycles. The van der Waals surface area contributed by atoms with Gasteiger partial charge >= 0.3 is 0 Å². The molecule has 1 aliphatic rings. The van der Waals surface area contributed by atoms with Crippen LogP contribution >= 0.6 is 38.5 Å². The third kappa shape index (κ3) is 3.63. The van der Waals surface area contributed by atoms with Crippen molar-refractivity contribution in [3.05, 3.63) is 31.8 Å². The van der Waals surface area contributed by atoms with Gasteiger partial charge in [-0.1, -0.05) is 15.9 Å². The number of rotatable bonds is 3. The van der Waals surface area contributed by atoms with Crippen molar-refractivity contribution in [3.63, 3.8) is 0 Å². The van der Waals surface area contributed by atoms with Crippen molar-refractivity contribution in [1.82, 2.24) is 5.32 Å². The first-order chi connectivity index (χ1) is 8.35. The lowest BCUT2D eigenvalue weighted by molar-refractivity contribution is -0.128. The Hall–Kier alpha value is -0.240. The summed E-state index contributed by atoms with van der Waals surface area (Å²) in [4.78, 5) is 11.7. The molecule has 0 atom stereocenters. The van der Waals surface area contributed by atoms with Crippen molar-refractivity contribution in [3.8, 4) is 0 Å². The van der Waals surface area contributed by atoms with E-state index in [9.17, 15) is 13.6 Å². The van der Waals surface area contributed by atoms with E-state index in [1.54, 1.807) is 0 Å². The van der Waals surface area contributed by atoms with E-state index in [0.717, 1.165) is 13.6 Å². The van der Waals surface area contributed by atoms with Crippen molar-refractivity contribution < 1.29 is 13.6 Å². The topological polar surface area (TPSA) is 29.1 Å². The second-order valence-electron chi connectivity index (χ2n) is 4.44. The van der Waals surface area contributed by atoms with Crippen LogP contribution in [-0.2, 0) is 11.2 Å². The molecule has 1 aromatic rings. The molecule has 0 aromatic heterocycles. The third-order valence-electron chi connectivity index (χ3n) is 2.81. The highest BCUT2D eigenvalue weighted by Crippen LogP contribution is 2.37. The smallest absolute Gasteiger partial charge is 0.252 e. The van der Waals surface area contributed by atoms with Gasteiger partial charge in [-0.25, -0.2) is 8.78 Å². The number of alkyl halides is 2. The summed E-state index contributed by atoms with van der Waals surface area (Å²) in [6.07, 6.45) is -0.261. The second kappa shape index (κ2) is 5.40. The summed E-state index contributed by atoms with van der Waals surface area (Å²) in [5.41, 5.74) is 0.897. The second-order valence-corrected chi connectivity index (χ2v) is 6.52. The Morgan fingerprint density at radius 3 is 2.78 bits per heavy atom. The van der Waals surface area contributed by atoms with Gasteiger partial charge in [-0.3, -0.25) is 4.79 Å². The Balaban J connectivity index is 1.90. The standard InChI is InChI=1S/C12H11BrF2INO/c13-8-1-2-10(16)7(3-8)4-11(18)17-9-5-12(14,15)6-9/h1-3,9H,4-6H2,(H,17,18). The van der Waals surface area contributed by atoms with Gasteiger partial charge in [0, 0.05) is 26.9 Å². The zero-order valence-corrected chi connectivity index (χ0v) is 13.1. The minimum Gasteiger partial charge on any atom is -0.353 e. The molecular weight excluding hydrogens is 419 g/mol. The molecular formula is C12H11BrF2INO. The van der Waals surface area contributed by atoms with Crippen molar-refractivity contribution in [2.24, 2.45) is 0 Å². The van der Waals surface area contributed by atoms with Crippen LogP contribution in [0.5, 0.6) is 0 Å². The van der Waals surface area contributed by atoms with Gasteiger partial charge in [0.05, 0.1) is 6.42 Å². The van der Waals surface area contributed by atoms with Crippen LogP contribution in [0, 0.1) is 3.57 Å². The van der Waals surface area contributed by atoms with Crippen molar-refractivity contribution in [1.29, 1.82) is 0 Å². The average Bonchev–Trinajstić information content (AvgIpc) is 2.20. The predicted molar refractivity (Wildman–Crippen MR) is 76.7 cm³/mol. The molecule has 0 bridgehead atoms. The minimum atomic E-state index is -2.60. The molecule has 18 heavy (non-hydrogen) atoms. The first-order valence-electron chi connectivity index (χ1n) is 5.47. The lowest BCUT2D eigenvalue weighted by Gasteiger charge is -2.35. The number of hydrogen-bond acceptors (Lipinski definition) is 1. The van der Waals surface area contributed by atoms with Gasteiger partial charge in [-0.05, 0) is 46.4 Å². The van der Waals surface area contributed by atoms with Crippen LogP contribution in [0.2, 0.25) is 0 Å². The van der Waals surface area contributed by atoms with Crippen LogP contribution in [-0.4, -0.2) is 17.9 Å². The molecule has 2 rings (SSSR count). The molecule has 0 aliphatic heterocycles. The minimum absolute atomic E-state index is 0.202. The van der Waals surface area contributed by atoms with Gasteiger partial charge in [0.15, 0.2) is 0 Å². The highest BCUT2D eigenvalue weighted by atomic mass is 127. The van der Waals surface area contributed by atoms with Crippen LogP contribution in [0.25, 0.3) is 0 Å². The maximum Gasteiger partial charge on any atom is 0.252 e. The van der Waals surface area contributed by atoms with Gasteiger partial charge in [0.25, 0.3) is 5.92 Å². The van der Waals surface area contributed by atoms with Gasteiger partial charge < -0.3 is 5.32 Å². The van der Waals surface area contributed by atoms with Crippen LogP contribution < -0.4 is 5.32 Å². The average molecular weight is 430 g/mol. The number of benzene rings is 1. The molecule has 0 radical (unpaired) electrons. The molecule has 1 aliphatic carbocycles. The highest BCUT2D eigenvalue weighted by molar-refractivity contribution is 14.1. The third-order valence-corrected chi connectivity index (χ3v) is 4.36. The van der Waals surface area contributed by atoms with E-state index in [1.807, 2.05) is 18.2 Å². The summed E-state index contributed by atoms with van der Waals surface area (Å²) < 4.78 is 27.1. The van der Waals surface area contributed by atoms with E-state index < -0.39 is 5.92 Å². The number of halogens is 4. The van der Waals surface area contributed by atoms with Crippen molar-refractivity contribution in [2.45, 2.75) is 31.2 Å². The number of hydrogen-bond donors (Lipinski definition) is 1. The molecule has 1 aromatic carbocycles. The molecule has 0 heterocycles. The molecule has 0 spiro atoms. The van der Waals surface area contributed by atoms with E-state index in [4.69, 9.17) is 0 Å². The first-order valence-corrected chi connectivity index (χ1v) is 7.34. The molecule has 0 unspecified atom stereocenters. The largest absolute Gasteiger partial charge is 0.353 e.